The fourth-order valence-electron chi connectivity index (χ4n) is 5.44. The highest BCUT2D eigenvalue weighted by Gasteiger charge is 2.36. The van der Waals surface area contributed by atoms with E-state index in [1.54, 1.807) is 30.0 Å². The van der Waals surface area contributed by atoms with E-state index >= 15 is 0 Å². The third kappa shape index (κ3) is 8.70. The zero-order chi connectivity index (χ0) is 30.9. The number of hydrogen-bond donors (Lipinski definition) is 3. The predicted molar refractivity (Wildman–Crippen MR) is 161 cm³/mol. The van der Waals surface area contributed by atoms with E-state index in [-0.39, 0.29) is 50.6 Å². The number of rotatable bonds is 10. The number of halogens is 1. The van der Waals surface area contributed by atoms with Crippen molar-refractivity contribution in [2.75, 3.05) is 25.0 Å². The van der Waals surface area contributed by atoms with Gasteiger partial charge in [0, 0.05) is 56.0 Å². The fraction of sp³-hybridized carbons (Fsp3) is 0.452. The van der Waals surface area contributed by atoms with Gasteiger partial charge in [0.25, 0.3) is 0 Å². The van der Waals surface area contributed by atoms with Crippen molar-refractivity contribution >= 4 is 47.0 Å². The molecular formula is C31H38ClN5O6. The Hall–Kier alpha value is -4.12. The Morgan fingerprint density at radius 2 is 1.70 bits per heavy atom. The monoisotopic (exact) mass is 611 g/mol. The zero-order valence-corrected chi connectivity index (χ0v) is 25.0. The molecule has 230 valence electrons. The van der Waals surface area contributed by atoms with Crippen LogP contribution < -0.4 is 16.4 Å². The Morgan fingerprint density at radius 1 is 1.00 bits per heavy atom. The van der Waals surface area contributed by atoms with Crippen LogP contribution in [0.1, 0.15) is 55.2 Å². The number of likely N-dealkylation sites (tertiary alicyclic amines) is 1. The van der Waals surface area contributed by atoms with Gasteiger partial charge in [0.05, 0.1) is 6.61 Å². The molecule has 0 spiro atoms. The molecule has 2 aliphatic heterocycles. The topological polar surface area (TPSA) is 151 Å². The van der Waals surface area contributed by atoms with Gasteiger partial charge in [-0.2, -0.15) is 0 Å². The van der Waals surface area contributed by atoms with Crippen LogP contribution in [0.25, 0.3) is 0 Å². The van der Waals surface area contributed by atoms with Crippen LogP contribution in [0.4, 0.5) is 10.5 Å². The Morgan fingerprint density at radius 3 is 2.40 bits per heavy atom. The van der Waals surface area contributed by atoms with Crippen LogP contribution in [-0.4, -0.2) is 71.3 Å². The summed E-state index contributed by atoms with van der Waals surface area (Å²) in [6.07, 6.45) is 2.27. The van der Waals surface area contributed by atoms with Crippen LogP contribution in [0.15, 0.2) is 42.5 Å². The lowest BCUT2D eigenvalue weighted by molar-refractivity contribution is -0.144. The Bertz CT molecular complexity index is 1360. The Labute approximate surface area is 256 Å². The molecular weight excluding hydrogens is 574 g/mol. The molecule has 5 amide bonds. The van der Waals surface area contributed by atoms with Gasteiger partial charge in [-0.05, 0) is 61.1 Å². The first-order valence-corrected chi connectivity index (χ1v) is 14.9. The second kappa shape index (κ2) is 14.9. The van der Waals surface area contributed by atoms with E-state index in [0.717, 1.165) is 36.0 Å². The van der Waals surface area contributed by atoms with Gasteiger partial charge in [0.2, 0.25) is 23.6 Å². The number of carbonyl (C=O) groups excluding carboxylic acids is 5. The van der Waals surface area contributed by atoms with Crippen molar-refractivity contribution in [1.82, 2.24) is 15.1 Å². The van der Waals surface area contributed by atoms with Crippen molar-refractivity contribution in [3.05, 3.63) is 64.2 Å². The number of fused-ring (bicyclic) bond motifs is 1. The molecule has 11 nitrogen and oxygen atoms in total. The number of amides is 5. The second-order valence-corrected chi connectivity index (χ2v) is 11.3. The number of nitrogens with one attached hydrogen (secondary N) is 2. The minimum atomic E-state index is -1.10. The lowest BCUT2D eigenvalue weighted by Crippen LogP contribution is -2.56. The van der Waals surface area contributed by atoms with Crippen LogP contribution in [0.5, 0.6) is 0 Å². The first-order valence-electron chi connectivity index (χ1n) is 14.6. The number of benzene rings is 2. The number of hydrogen-bond acceptors (Lipinski definition) is 6. The van der Waals surface area contributed by atoms with Gasteiger partial charge in [-0.25, -0.2) is 4.79 Å². The third-order valence-electron chi connectivity index (χ3n) is 7.84. The van der Waals surface area contributed by atoms with Gasteiger partial charge < -0.3 is 30.9 Å². The first kappa shape index (κ1) is 31.8. The smallest absolute Gasteiger partial charge is 0.404 e. The number of primary amides is 1. The maximum absolute atomic E-state index is 13.8. The van der Waals surface area contributed by atoms with E-state index in [2.05, 4.69) is 10.6 Å². The summed E-state index contributed by atoms with van der Waals surface area (Å²) >= 11 is 6.10. The van der Waals surface area contributed by atoms with Gasteiger partial charge in [-0.3, -0.25) is 19.2 Å². The van der Waals surface area contributed by atoms with Crippen LogP contribution in [0.3, 0.4) is 0 Å². The number of ether oxygens (including phenoxy) is 1. The van der Waals surface area contributed by atoms with Crippen LogP contribution in [0, 0.1) is 6.92 Å². The average Bonchev–Trinajstić information content (AvgIpc) is 3.00. The lowest BCUT2D eigenvalue weighted by Gasteiger charge is -2.37. The summed E-state index contributed by atoms with van der Waals surface area (Å²) in [4.78, 5) is 67.7. The van der Waals surface area contributed by atoms with E-state index in [4.69, 9.17) is 22.1 Å². The summed E-state index contributed by atoms with van der Waals surface area (Å²) in [7, 11) is 0. The summed E-state index contributed by atoms with van der Waals surface area (Å²) in [6, 6.07) is 10.5. The zero-order valence-electron chi connectivity index (χ0n) is 24.3. The van der Waals surface area contributed by atoms with Crippen LogP contribution in [0.2, 0.25) is 5.02 Å². The molecule has 1 fully saturated rings. The van der Waals surface area contributed by atoms with E-state index < -0.39 is 30.0 Å². The maximum Gasteiger partial charge on any atom is 0.404 e. The van der Waals surface area contributed by atoms with Crippen molar-refractivity contribution in [2.45, 2.75) is 70.5 Å². The number of piperidine rings is 1. The molecule has 4 rings (SSSR count). The van der Waals surface area contributed by atoms with Crippen molar-refractivity contribution in [3.63, 3.8) is 0 Å². The standard InChI is InChI=1S/C31H38ClN5O6/c1-20-17-23(9-10-24(20)32)34-29(40)25(13-16-43-31(33)42)35-30(41)26-18-21-7-3-4-8-22(21)19-37(26)28(39)12-11-27(38)36-14-5-2-6-15-36/h3-4,7-10,17,25-26H,2,5-6,11-16,18-19H2,1H3,(H2,33,42)(H,34,40)(H,35,41). The van der Waals surface area contributed by atoms with E-state index in [1.807, 2.05) is 24.3 Å². The number of nitrogens with zero attached hydrogens (tertiary/aromatic N) is 2. The van der Waals surface area contributed by atoms with Crippen molar-refractivity contribution in [1.29, 1.82) is 0 Å². The molecule has 12 heteroatoms. The predicted octanol–water partition coefficient (Wildman–Crippen LogP) is 3.30. The molecule has 0 aliphatic carbocycles. The highest BCUT2D eigenvalue weighted by Crippen LogP contribution is 2.25. The lowest BCUT2D eigenvalue weighted by atomic mass is 9.92. The minimum Gasteiger partial charge on any atom is -0.450 e. The van der Waals surface area contributed by atoms with E-state index in [9.17, 15) is 24.0 Å². The van der Waals surface area contributed by atoms with Gasteiger partial charge in [-0.1, -0.05) is 35.9 Å². The molecule has 4 N–H and O–H groups in total. The highest BCUT2D eigenvalue weighted by atomic mass is 35.5. The quantitative estimate of drug-likeness (QED) is 0.375. The van der Waals surface area contributed by atoms with Gasteiger partial charge in [0.15, 0.2) is 0 Å². The molecule has 2 atom stereocenters. The van der Waals surface area contributed by atoms with Gasteiger partial charge >= 0.3 is 6.09 Å². The van der Waals surface area contributed by atoms with Crippen molar-refractivity contribution in [3.8, 4) is 0 Å². The number of nitrogens with two attached hydrogens (primary N) is 1. The summed E-state index contributed by atoms with van der Waals surface area (Å²) in [5, 5.41) is 6.06. The largest absolute Gasteiger partial charge is 0.450 e. The molecule has 0 aromatic heterocycles. The normalized spacial score (nSPS) is 16.9. The summed E-state index contributed by atoms with van der Waals surface area (Å²) in [5.74, 6) is -1.44. The molecule has 1 saturated heterocycles. The number of aryl methyl sites for hydroxylation is 1. The minimum absolute atomic E-state index is 0.0203. The molecule has 43 heavy (non-hydrogen) atoms. The van der Waals surface area contributed by atoms with Gasteiger partial charge in [-0.15, -0.1) is 0 Å². The van der Waals surface area contributed by atoms with Gasteiger partial charge in [0.1, 0.15) is 12.1 Å². The summed E-state index contributed by atoms with van der Waals surface area (Å²) < 4.78 is 4.83. The Kier molecular flexibility index (Phi) is 11.0. The van der Waals surface area contributed by atoms with Crippen LogP contribution in [-0.2, 0) is 36.9 Å². The molecule has 2 aromatic carbocycles. The molecule has 0 saturated carbocycles. The summed E-state index contributed by atoms with van der Waals surface area (Å²) in [6.45, 7) is 3.20. The average molecular weight is 612 g/mol. The molecule has 0 radical (unpaired) electrons. The maximum atomic E-state index is 13.8. The van der Waals surface area contributed by atoms with E-state index in [1.165, 1.54) is 4.90 Å². The van der Waals surface area contributed by atoms with Crippen molar-refractivity contribution in [2.24, 2.45) is 5.73 Å². The summed E-state index contributed by atoms with van der Waals surface area (Å²) in [5.41, 5.74) is 8.16. The third-order valence-corrected chi connectivity index (χ3v) is 8.27. The SMILES string of the molecule is Cc1cc(NC(=O)C(CCOC(N)=O)NC(=O)C2Cc3ccccc3CN2C(=O)CCC(=O)N2CCCCC2)ccc1Cl. The molecule has 0 bridgehead atoms. The molecule has 2 heterocycles. The van der Waals surface area contributed by atoms with E-state index in [0.29, 0.717) is 23.8 Å². The Balaban J connectivity index is 1.49. The molecule has 2 aliphatic rings. The molecule has 2 aromatic rings. The van der Waals surface area contributed by atoms with Crippen molar-refractivity contribution < 1.29 is 28.7 Å². The molecule has 2 unspecified atom stereocenters. The first-order chi connectivity index (χ1) is 20.6. The fourth-order valence-corrected chi connectivity index (χ4v) is 5.56. The number of carbonyl (C=O) groups is 5. The highest BCUT2D eigenvalue weighted by molar-refractivity contribution is 6.31. The van der Waals surface area contributed by atoms with Crippen LogP contribution >= 0.6 is 11.6 Å². The number of anilines is 1. The second-order valence-electron chi connectivity index (χ2n) is 10.9.